The number of carbonyl (C=O) groups is 1. The third-order valence-electron chi connectivity index (χ3n) is 2.74. The molecule has 0 bridgehead atoms. The van der Waals surface area contributed by atoms with Crippen molar-refractivity contribution in [1.82, 2.24) is 10.2 Å². The second-order valence-electron chi connectivity index (χ2n) is 4.97. The van der Waals surface area contributed by atoms with Gasteiger partial charge in [0.25, 0.3) is 0 Å². The summed E-state index contributed by atoms with van der Waals surface area (Å²) in [6, 6.07) is 0.111. The summed E-state index contributed by atoms with van der Waals surface area (Å²) < 4.78 is 0. The fraction of sp³-hybridized carbons (Fsp3) is 0.889. The highest BCUT2D eigenvalue weighted by Gasteiger charge is 2.53. The van der Waals surface area contributed by atoms with Crippen LogP contribution in [-0.4, -0.2) is 28.6 Å². The Hall–Kier alpha value is -0.730. The summed E-state index contributed by atoms with van der Waals surface area (Å²) in [5, 5.41) is 3.05. The molecule has 1 aliphatic heterocycles. The number of nitrogens with zero attached hydrogens (tertiary/aromatic N) is 1. The van der Waals surface area contributed by atoms with Gasteiger partial charge in [0.2, 0.25) is 0 Å². The van der Waals surface area contributed by atoms with Crippen LogP contribution in [0.1, 0.15) is 33.6 Å². The molecule has 2 rings (SSSR count). The molecule has 1 N–H and O–H groups in total. The molecule has 12 heavy (non-hydrogen) atoms. The van der Waals surface area contributed by atoms with Crippen LogP contribution in [0.25, 0.3) is 0 Å². The summed E-state index contributed by atoms with van der Waals surface area (Å²) >= 11 is 0. The Balaban J connectivity index is 2.14. The van der Waals surface area contributed by atoms with E-state index in [9.17, 15) is 4.79 Å². The van der Waals surface area contributed by atoms with Gasteiger partial charge in [0.05, 0.1) is 5.54 Å². The zero-order valence-electron chi connectivity index (χ0n) is 7.98. The molecule has 2 aliphatic rings. The van der Waals surface area contributed by atoms with Crippen molar-refractivity contribution >= 4 is 6.03 Å². The van der Waals surface area contributed by atoms with Crippen LogP contribution in [0, 0.1) is 0 Å². The van der Waals surface area contributed by atoms with Gasteiger partial charge in [0.15, 0.2) is 0 Å². The van der Waals surface area contributed by atoms with E-state index < -0.39 is 0 Å². The van der Waals surface area contributed by atoms with Gasteiger partial charge in [-0.05, 0) is 33.6 Å². The molecule has 0 unspecified atom stereocenters. The molecule has 3 heteroatoms. The topological polar surface area (TPSA) is 32.3 Å². The van der Waals surface area contributed by atoms with Crippen molar-refractivity contribution in [2.45, 2.75) is 44.7 Å². The summed E-state index contributed by atoms with van der Waals surface area (Å²) in [4.78, 5) is 13.4. The number of hydrogen-bond acceptors (Lipinski definition) is 1. The highest BCUT2D eigenvalue weighted by molar-refractivity contribution is 5.79. The van der Waals surface area contributed by atoms with E-state index in [4.69, 9.17) is 0 Å². The average molecular weight is 168 g/mol. The van der Waals surface area contributed by atoms with Crippen LogP contribution >= 0.6 is 0 Å². The number of amides is 2. The van der Waals surface area contributed by atoms with Gasteiger partial charge >= 0.3 is 6.03 Å². The predicted octanol–water partition coefficient (Wildman–Crippen LogP) is 1.34. The lowest BCUT2D eigenvalue weighted by Gasteiger charge is -2.30. The molecule has 1 saturated heterocycles. The van der Waals surface area contributed by atoms with Crippen LogP contribution in [0.3, 0.4) is 0 Å². The lowest BCUT2D eigenvalue weighted by atomic mass is 10.1. The first-order valence-corrected chi connectivity index (χ1v) is 4.53. The second-order valence-corrected chi connectivity index (χ2v) is 4.97. The number of nitrogens with one attached hydrogen (secondary N) is 1. The maximum absolute atomic E-state index is 11.5. The van der Waals surface area contributed by atoms with E-state index in [2.05, 4.69) is 26.1 Å². The Morgan fingerprint density at radius 3 is 2.25 bits per heavy atom. The Kier molecular flexibility index (Phi) is 1.28. The van der Waals surface area contributed by atoms with Gasteiger partial charge in [-0.25, -0.2) is 4.79 Å². The number of urea groups is 1. The molecule has 2 amide bonds. The van der Waals surface area contributed by atoms with E-state index in [0.717, 1.165) is 19.4 Å². The number of hydrogen-bond donors (Lipinski definition) is 1. The summed E-state index contributed by atoms with van der Waals surface area (Å²) in [5.74, 6) is 0. The molecule has 1 aliphatic carbocycles. The second kappa shape index (κ2) is 1.95. The van der Waals surface area contributed by atoms with Crippen molar-refractivity contribution in [2.24, 2.45) is 0 Å². The fourth-order valence-corrected chi connectivity index (χ4v) is 1.68. The van der Waals surface area contributed by atoms with E-state index in [1.807, 2.05) is 4.90 Å². The van der Waals surface area contributed by atoms with Crippen LogP contribution in [-0.2, 0) is 0 Å². The molecule has 1 spiro atoms. The Morgan fingerprint density at radius 1 is 1.42 bits per heavy atom. The maximum Gasteiger partial charge on any atom is 0.318 e. The van der Waals surface area contributed by atoms with Gasteiger partial charge in [0, 0.05) is 12.1 Å². The quantitative estimate of drug-likeness (QED) is 0.581. The van der Waals surface area contributed by atoms with Gasteiger partial charge in [-0.3, -0.25) is 0 Å². The van der Waals surface area contributed by atoms with Crippen molar-refractivity contribution in [3.05, 3.63) is 0 Å². The summed E-state index contributed by atoms with van der Waals surface area (Å²) in [7, 11) is 0. The minimum Gasteiger partial charge on any atom is -0.331 e. The number of carbonyl (C=O) groups excluding carboxylic acids is 1. The van der Waals surface area contributed by atoms with Gasteiger partial charge in [-0.2, -0.15) is 0 Å². The third kappa shape index (κ3) is 1.08. The van der Waals surface area contributed by atoms with Gasteiger partial charge in [-0.15, -0.1) is 0 Å². The molecular formula is C9H16N2O. The molecular weight excluding hydrogens is 152 g/mol. The minimum atomic E-state index is -0.0316. The summed E-state index contributed by atoms with van der Waals surface area (Å²) in [5.41, 5.74) is 0.139. The van der Waals surface area contributed by atoms with Crippen LogP contribution in [0.15, 0.2) is 0 Å². The SMILES string of the molecule is CC(C)(C)N1CC2(CC2)NC1=O. The fourth-order valence-electron chi connectivity index (χ4n) is 1.68. The molecule has 68 valence electrons. The lowest BCUT2D eigenvalue weighted by molar-refractivity contribution is 0.169. The first-order valence-electron chi connectivity index (χ1n) is 4.53. The Bertz CT molecular complexity index is 225. The zero-order chi connectivity index (χ0) is 8.98. The van der Waals surface area contributed by atoms with Crippen molar-refractivity contribution < 1.29 is 4.79 Å². The van der Waals surface area contributed by atoms with Gasteiger partial charge < -0.3 is 10.2 Å². The standard InChI is InChI=1S/C9H16N2O/c1-8(2,3)11-6-9(4-5-9)10-7(11)12/h4-6H2,1-3H3,(H,10,12). The maximum atomic E-state index is 11.5. The van der Waals surface area contributed by atoms with Crippen molar-refractivity contribution in [3.8, 4) is 0 Å². The average Bonchev–Trinajstić information content (AvgIpc) is 2.51. The number of rotatable bonds is 0. The first kappa shape index (κ1) is 7.90. The largest absolute Gasteiger partial charge is 0.331 e. The van der Waals surface area contributed by atoms with E-state index in [1.165, 1.54) is 0 Å². The molecule has 3 nitrogen and oxygen atoms in total. The van der Waals surface area contributed by atoms with Crippen LogP contribution in [0.5, 0.6) is 0 Å². The highest BCUT2D eigenvalue weighted by atomic mass is 16.2. The molecule has 0 atom stereocenters. The molecule has 0 radical (unpaired) electrons. The van der Waals surface area contributed by atoms with E-state index >= 15 is 0 Å². The van der Waals surface area contributed by atoms with Crippen LogP contribution < -0.4 is 5.32 Å². The lowest BCUT2D eigenvalue weighted by Crippen LogP contribution is -2.43. The van der Waals surface area contributed by atoms with Crippen LogP contribution in [0.2, 0.25) is 0 Å². The predicted molar refractivity (Wildman–Crippen MR) is 47.0 cm³/mol. The molecule has 1 saturated carbocycles. The first-order chi connectivity index (χ1) is 5.43. The molecule has 1 heterocycles. The monoisotopic (exact) mass is 168 g/mol. The minimum absolute atomic E-state index is 0.0316. The Labute approximate surface area is 73.1 Å². The van der Waals surface area contributed by atoms with Crippen molar-refractivity contribution in [1.29, 1.82) is 0 Å². The molecule has 0 aromatic carbocycles. The van der Waals surface area contributed by atoms with Gasteiger partial charge in [0.1, 0.15) is 0 Å². The van der Waals surface area contributed by atoms with Gasteiger partial charge in [-0.1, -0.05) is 0 Å². The van der Waals surface area contributed by atoms with E-state index in [1.54, 1.807) is 0 Å². The summed E-state index contributed by atoms with van der Waals surface area (Å²) in [6.45, 7) is 7.13. The van der Waals surface area contributed by atoms with Crippen molar-refractivity contribution in [3.63, 3.8) is 0 Å². The smallest absolute Gasteiger partial charge is 0.318 e. The normalized spacial score (nSPS) is 26.2. The van der Waals surface area contributed by atoms with Crippen LogP contribution in [0.4, 0.5) is 4.79 Å². The Morgan fingerprint density at radius 2 is 2.00 bits per heavy atom. The van der Waals surface area contributed by atoms with Crippen molar-refractivity contribution in [2.75, 3.05) is 6.54 Å². The van der Waals surface area contributed by atoms with E-state index in [-0.39, 0.29) is 17.1 Å². The molecule has 0 aromatic rings. The third-order valence-corrected chi connectivity index (χ3v) is 2.74. The summed E-state index contributed by atoms with van der Waals surface area (Å²) in [6.07, 6.45) is 2.32. The molecule has 0 aromatic heterocycles. The zero-order valence-corrected chi connectivity index (χ0v) is 7.98. The van der Waals surface area contributed by atoms with E-state index in [0.29, 0.717) is 0 Å². The molecule has 2 fully saturated rings. The highest BCUT2D eigenvalue weighted by Crippen LogP contribution is 2.41.